The van der Waals surface area contributed by atoms with Gasteiger partial charge in [0.15, 0.2) is 0 Å². The van der Waals surface area contributed by atoms with Crippen LogP contribution in [0.3, 0.4) is 0 Å². The van der Waals surface area contributed by atoms with Crippen LogP contribution >= 0.6 is 11.3 Å². The minimum atomic E-state index is 0.229. The number of aryl methyl sites for hydroxylation is 2. The van der Waals surface area contributed by atoms with Crippen molar-refractivity contribution in [1.82, 2.24) is 9.97 Å². The predicted octanol–water partition coefficient (Wildman–Crippen LogP) is 5.01. The third kappa shape index (κ3) is 3.77. The van der Waals surface area contributed by atoms with E-state index in [1.54, 1.807) is 11.3 Å². The van der Waals surface area contributed by atoms with Gasteiger partial charge in [-0.2, -0.15) is 0 Å². The summed E-state index contributed by atoms with van der Waals surface area (Å²) < 4.78 is 0. The molecule has 3 nitrogen and oxygen atoms in total. The first-order chi connectivity index (χ1) is 11.5. The van der Waals surface area contributed by atoms with Crippen LogP contribution in [0.4, 0.5) is 0 Å². The first-order valence-corrected chi connectivity index (χ1v) is 8.95. The molecule has 0 saturated heterocycles. The lowest BCUT2D eigenvalue weighted by Gasteiger charge is -2.06. The van der Waals surface area contributed by atoms with Crippen molar-refractivity contribution in [2.75, 3.05) is 0 Å². The average molecular weight is 336 g/mol. The van der Waals surface area contributed by atoms with Gasteiger partial charge in [-0.1, -0.05) is 25.1 Å². The summed E-state index contributed by atoms with van der Waals surface area (Å²) in [7, 11) is 0. The fourth-order valence-corrected chi connectivity index (χ4v) is 3.51. The van der Waals surface area contributed by atoms with Crippen molar-refractivity contribution in [1.29, 1.82) is 0 Å². The number of rotatable bonds is 5. The largest absolute Gasteiger partial charge is 0.299 e. The zero-order chi connectivity index (χ0) is 17.1. The van der Waals surface area contributed by atoms with Crippen molar-refractivity contribution < 1.29 is 4.79 Å². The second-order valence-corrected chi connectivity index (χ2v) is 6.86. The monoisotopic (exact) mass is 336 g/mol. The van der Waals surface area contributed by atoms with Gasteiger partial charge >= 0.3 is 0 Å². The summed E-state index contributed by atoms with van der Waals surface area (Å²) in [5.74, 6) is 0.229. The number of aromatic nitrogens is 2. The summed E-state index contributed by atoms with van der Waals surface area (Å²) in [6.45, 7) is 5.91. The molecule has 0 aliphatic heterocycles. The molecule has 0 fully saturated rings. The number of Topliss-reactive ketones (excluding diaryl/α,β-unsaturated/α-hetero) is 1. The number of carbonyl (C=O) groups excluding carboxylic acids is 1. The van der Waals surface area contributed by atoms with Gasteiger partial charge in [0.05, 0.1) is 12.1 Å². The van der Waals surface area contributed by atoms with E-state index in [-0.39, 0.29) is 5.78 Å². The highest BCUT2D eigenvalue weighted by Crippen LogP contribution is 2.28. The van der Waals surface area contributed by atoms with Crippen LogP contribution in [0.2, 0.25) is 0 Å². The fourth-order valence-electron chi connectivity index (χ4n) is 2.68. The predicted molar refractivity (Wildman–Crippen MR) is 99.3 cm³/mol. The van der Waals surface area contributed by atoms with Crippen LogP contribution in [0.25, 0.3) is 22.4 Å². The molecule has 0 atom stereocenters. The van der Waals surface area contributed by atoms with E-state index in [1.807, 2.05) is 32.2 Å². The van der Waals surface area contributed by atoms with Gasteiger partial charge in [-0.05, 0) is 43.2 Å². The molecule has 24 heavy (non-hydrogen) atoms. The minimum Gasteiger partial charge on any atom is -0.299 e. The van der Waals surface area contributed by atoms with Gasteiger partial charge < -0.3 is 0 Å². The van der Waals surface area contributed by atoms with E-state index < -0.39 is 0 Å². The smallest absolute Gasteiger partial charge is 0.139 e. The highest BCUT2D eigenvalue weighted by molar-refractivity contribution is 7.10. The van der Waals surface area contributed by atoms with Crippen LogP contribution < -0.4 is 0 Å². The lowest BCUT2D eigenvalue weighted by atomic mass is 10.0. The highest BCUT2D eigenvalue weighted by Gasteiger charge is 2.09. The first-order valence-electron chi connectivity index (χ1n) is 8.07. The van der Waals surface area contributed by atoms with Crippen LogP contribution in [0.1, 0.15) is 29.7 Å². The molecule has 4 heteroatoms. The summed E-state index contributed by atoms with van der Waals surface area (Å²) >= 11 is 1.55. The van der Waals surface area contributed by atoms with Crippen molar-refractivity contribution >= 4 is 17.1 Å². The Labute approximate surface area is 146 Å². The maximum absolute atomic E-state index is 11.6. The molecule has 3 rings (SSSR count). The van der Waals surface area contributed by atoms with Crippen molar-refractivity contribution in [2.24, 2.45) is 0 Å². The second kappa shape index (κ2) is 7.05. The average Bonchev–Trinajstić information content (AvgIpc) is 3.02. The van der Waals surface area contributed by atoms with Gasteiger partial charge in [0.1, 0.15) is 10.8 Å². The molecule has 0 aliphatic carbocycles. The van der Waals surface area contributed by atoms with Crippen molar-refractivity contribution in [3.63, 3.8) is 0 Å². The Morgan fingerprint density at radius 3 is 2.42 bits per heavy atom. The van der Waals surface area contributed by atoms with E-state index in [0.717, 1.165) is 33.2 Å². The van der Waals surface area contributed by atoms with Crippen molar-refractivity contribution in [3.8, 4) is 22.4 Å². The molecule has 0 spiro atoms. The molecule has 0 unspecified atom stereocenters. The summed E-state index contributed by atoms with van der Waals surface area (Å²) in [6, 6.07) is 12.5. The minimum absolute atomic E-state index is 0.229. The number of pyridine rings is 1. The maximum Gasteiger partial charge on any atom is 0.139 e. The molecule has 0 radical (unpaired) electrons. The Hall–Kier alpha value is -2.33. The second-order valence-electron chi connectivity index (χ2n) is 5.91. The van der Waals surface area contributed by atoms with Gasteiger partial charge in [0, 0.05) is 28.8 Å². The Morgan fingerprint density at radius 1 is 1.00 bits per heavy atom. The fraction of sp³-hybridized carbons (Fsp3) is 0.250. The normalized spacial score (nSPS) is 10.8. The van der Waals surface area contributed by atoms with Crippen molar-refractivity contribution in [3.05, 3.63) is 58.2 Å². The molecule has 2 aromatic heterocycles. The number of ketones is 1. The summed E-state index contributed by atoms with van der Waals surface area (Å²) in [5, 5.41) is 2.92. The molecule has 3 aromatic rings. The van der Waals surface area contributed by atoms with Crippen molar-refractivity contribution in [2.45, 2.75) is 33.6 Å². The van der Waals surface area contributed by atoms with E-state index in [0.29, 0.717) is 12.8 Å². The topological polar surface area (TPSA) is 42.9 Å². The van der Waals surface area contributed by atoms with E-state index in [1.165, 1.54) is 5.56 Å². The number of thiazole rings is 1. The molecule has 2 heterocycles. The SMILES string of the molecule is CCC(=O)Cc1nc(-c2cccc(-c3cc(C)nc(C)c3)c2)cs1. The van der Waals surface area contributed by atoms with Gasteiger partial charge in [-0.25, -0.2) is 4.98 Å². The number of benzene rings is 1. The third-order valence-electron chi connectivity index (χ3n) is 3.87. The molecule has 0 saturated carbocycles. The van der Waals surface area contributed by atoms with Crippen LogP contribution in [-0.2, 0) is 11.2 Å². The molecule has 0 bridgehead atoms. The Kier molecular flexibility index (Phi) is 4.86. The van der Waals surface area contributed by atoms with Gasteiger partial charge in [-0.15, -0.1) is 11.3 Å². The summed E-state index contributed by atoms with van der Waals surface area (Å²) in [4.78, 5) is 20.7. The van der Waals surface area contributed by atoms with E-state index in [9.17, 15) is 4.79 Å². The Balaban J connectivity index is 1.92. The number of nitrogens with zero attached hydrogens (tertiary/aromatic N) is 2. The maximum atomic E-state index is 11.6. The molecule has 0 amide bonds. The third-order valence-corrected chi connectivity index (χ3v) is 4.72. The molecule has 0 aliphatic rings. The van der Waals surface area contributed by atoms with Crippen LogP contribution in [0.5, 0.6) is 0 Å². The Morgan fingerprint density at radius 2 is 1.71 bits per heavy atom. The van der Waals surface area contributed by atoms with E-state index in [4.69, 9.17) is 0 Å². The van der Waals surface area contributed by atoms with Crippen LogP contribution in [0, 0.1) is 13.8 Å². The summed E-state index contributed by atoms with van der Waals surface area (Å²) in [6.07, 6.45) is 0.995. The van der Waals surface area contributed by atoms with Gasteiger partial charge in [0.2, 0.25) is 0 Å². The van der Waals surface area contributed by atoms with E-state index in [2.05, 4.69) is 40.3 Å². The van der Waals surface area contributed by atoms with E-state index >= 15 is 0 Å². The molecule has 0 N–H and O–H groups in total. The standard InChI is InChI=1S/C20H20N2OS/c1-4-18(23)11-20-22-19(12-24-20)16-7-5-6-15(10-16)17-8-13(2)21-14(3)9-17/h5-10,12H,4,11H2,1-3H3. The van der Waals surface area contributed by atoms with Crippen LogP contribution in [0.15, 0.2) is 41.8 Å². The highest BCUT2D eigenvalue weighted by atomic mass is 32.1. The van der Waals surface area contributed by atoms with Crippen LogP contribution in [-0.4, -0.2) is 15.8 Å². The summed E-state index contributed by atoms with van der Waals surface area (Å²) in [5.41, 5.74) is 6.36. The molecular formula is C20H20N2OS. The first kappa shape index (κ1) is 16.5. The molecular weight excluding hydrogens is 316 g/mol. The number of hydrogen-bond acceptors (Lipinski definition) is 4. The van der Waals surface area contributed by atoms with Gasteiger partial charge in [0.25, 0.3) is 0 Å². The number of carbonyl (C=O) groups is 1. The van der Waals surface area contributed by atoms with Gasteiger partial charge in [-0.3, -0.25) is 9.78 Å². The Bertz CT molecular complexity index is 863. The lowest BCUT2D eigenvalue weighted by molar-refractivity contribution is -0.118. The number of hydrogen-bond donors (Lipinski definition) is 0. The molecule has 1 aromatic carbocycles. The quantitative estimate of drug-likeness (QED) is 0.658. The molecule has 122 valence electrons. The zero-order valence-electron chi connectivity index (χ0n) is 14.2. The lowest BCUT2D eigenvalue weighted by Crippen LogP contribution is -1.99. The zero-order valence-corrected chi connectivity index (χ0v) is 15.0.